The molecular formula is C48H30S. The maximum absolute atomic E-state index is 2.37. The lowest BCUT2D eigenvalue weighted by Gasteiger charge is -2.13. The predicted octanol–water partition coefficient (Wildman–Crippen LogP) is 14.2. The lowest BCUT2D eigenvalue weighted by Crippen LogP contribution is -1.87. The van der Waals surface area contributed by atoms with Gasteiger partial charge in [-0.1, -0.05) is 164 Å². The third-order valence-corrected chi connectivity index (χ3v) is 11.3. The van der Waals surface area contributed by atoms with Crippen molar-refractivity contribution in [3.8, 4) is 44.5 Å². The molecule has 0 atom stereocenters. The molecule has 0 unspecified atom stereocenters. The molecule has 0 aliphatic rings. The van der Waals surface area contributed by atoms with Crippen molar-refractivity contribution in [3.63, 3.8) is 0 Å². The molecule has 0 saturated carbocycles. The summed E-state index contributed by atoms with van der Waals surface area (Å²) in [5, 5.41) is 10.3. The molecule has 0 saturated heterocycles. The molecule has 0 aliphatic heterocycles. The van der Waals surface area contributed by atoms with E-state index in [1.165, 1.54) is 97.0 Å². The fraction of sp³-hybridized carbons (Fsp3) is 0. The van der Waals surface area contributed by atoms with Gasteiger partial charge in [-0.25, -0.2) is 0 Å². The second-order valence-corrected chi connectivity index (χ2v) is 13.9. The first kappa shape index (κ1) is 28.0. The molecule has 0 aliphatic carbocycles. The molecule has 0 nitrogen and oxygen atoms in total. The average Bonchev–Trinajstić information content (AvgIpc) is 3.56. The first-order chi connectivity index (χ1) is 24.3. The number of hydrogen-bond acceptors (Lipinski definition) is 1. The molecule has 1 aromatic heterocycles. The van der Waals surface area contributed by atoms with Crippen molar-refractivity contribution in [1.29, 1.82) is 0 Å². The minimum absolute atomic E-state index is 1.23. The average molecular weight is 639 g/mol. The Morgan fingerprint density at radius 1 is 0.265 bits per heavy atom. The Balaban J connectivity index is 1.03. The van der Waals surface area contributed by atoms with Crippen LogP contribution in [0.2, 0.25) is 0 Å². The number of fused-ring (bicyclic) bond motifs is 7. The molecule has 49 heavy (non-hydrogen) atoms. The van der Waals surface area contributed by atoms with Gasteiger partial charge in [0.25, 0.3) is 0 Å². The molecule has 10 aromatic rings. The lowest BCUT2D eigenvalue weighted by atomic mass is 9.90. The fourth-order valence-corrected chi connectivity index (χ4v) is 8.88. The summed E-state index contributed by atoms with van der Waals surface area (Å²) in [6, 6.07) is 66.9. The summed E-state index contributed by atoms with van der Waals surface area (Å²) >= 11 is 1.89. The maximum atomic E-state index is 2.37. The standard InChI is InChI=1S/C48H30S/c1-2-11-38-32(9-1)10-7-15-39(38)33-21-19-31(20-22-33)36-27-28-37-30-45(41-12-3-4-13-42(41)46(37)29-36)35-25-23-34(24-26-35)40-16-8-17-44-43-14-5-6-18-47(43)49-48(40)44/h1-30H. The largest absolute Gasteiger partial charge is 0.135 e. The number of rotatable bonds is 4. The van der Waals surface area contributed by atoms with Gasteiger partial charge in [-0.3, -0.25) is 0 Å². The zero-order chi connectivity index (χ0) is 32.3. The van der Waals surface area contributed by atoms with Crippen LogP contribution in [0.5, 0.6) is 0 Å². The van der Waals surface area contributed by atoms with Crippen LogP contribution in [0.25, 0.3) is 97.0 Å². The van der Waals surface area contributed by atoms with Gasteiger partial charge in [0.2, 0.25) is 0 Å². The molecule has 0 spiro atoms. The van der Waals surface area contributed by atoms with Crippen LogP contribution in [0.15, 0.2) is 182 Å². The van der Waals surface area contributed by atoms with Crippen molar-refractivity contribution < 1.29 is 0 Å². The molecule has 9 aromatic carbocycles. The van der Waals surface area contributed by atoms with Gasteiger partial charge in [0.1, 0.15) is 0 Å². The Kier molecular flexibility index (Phi) is 6.47. The highest BCUT2D eigenvalue weighted by atomic mass is 32.1. The molecule has 0 N–H and O–H groups in total. The van der Waals surface area contributed by atoms with E-state index in [-0.39, 0.29) is 0 Å². The van der Waals surface area contributed by atoms with E-state index in [1.807, 2.05) is 11.3 Å². The van der Waals surface area contributed by atoms with E-state index in [0.29, 0.717) is 0 Å². The van der Waals surface area contributed by atoms with E-state index in [9.17, 15) is 0 Å². The van der Waals surface area contributed by atoms with Crippen LogP contribution in [-0.4, -0.2) is 0 Å². The van der Waals surface area contributed by atoms with E-state index < -0.39 is 0 Å². The Bertz CT molecular complexity index is 2850. The van der Waals surface area contributed by atoms with E-state index in [1.54, 1.807) is 0 Å². The molecule has 10 rings (SSSR count). The summed E-state index contributed by atoms with van der Waals surface area (Å²) < 4.78 is 2.69. The van der Waals surface area contributed by atoms with Crippen molar-refractivity contribution in [2.24, 2.45) is 0 Å². The van der Waals surface area contributed by atoms with Crippen LogP contribution in [0.1, 0.15) is 0 Å². The number of benzene rings is 9. The molecule has 228 valence electrons. The maximum Gasteiger partial charge on any atom is 0.0433 e. The molecular weight excluding hydrogens is 609 g/mol. The molecule has 0 amide bonds. The summed E-state index contributed by atoms with van der Waals surface area (Å²) in [5.41, 5.74) is 10.0. The SMILES string of the molecule is c1ccc2c(-c3ccc(-c4ccc5cc(-c6ccc(-c7cccc8c7sc7ccccc78)cc6)c6ccccc6c5c4)cc3)cccc2c1. The van der Waals surface area contributed by atoms with Crippen molar-refractivity contribution in [1.82, 2.24) is 0 Å². The summed E-state index contributed by atoms with van der Waals surface area (Å²) in [6.07, 6.45) is 0. The second kappa shape index (κ2) is 11.3. The van der Waals surface area contributed by atoms with Crippen molar-refractivity contribution in [2.45, 2.75) is 0 Å². The minimum Gasteiger partial charge on any atom is -0.135 e. The van der Waals surface area contributed by atoms with Gasteiger partial charge >= 0.3 is 0 Å². The van der Waals surface area contributed by atoms with Crippen LogP contribution >= 0.6 is 11.3 Å². The highest BCUT2D eigenvalue weighted by molar-refractivity contribution is 7.26. The fourth-order valence-electron chi connectivity index (χ4n) is 7.64. The van der Waals surface area contributed by atoms with E-state index in [2.05, 4.69) is 182 Å². The third kappa shape index (κ3) is 4.66. The van der Waals surface area contributed by atoms with Crippen LogP contribution in [-0.2, 0) is 0 Å². The lowest BCUT2D eigenvalue weighted by molar-refractivity contribution is 1.62. The molecule has 1 heteroatoms. The second-order valence-electron chi connectivity index (χ2n) is 12.9. The highest BCUT2D eigenvalue weighted by Crippen LogP contribution is 2.42. The van der Waals surface area contributed by atoms with Gasteiger partial charge in [0, 0.05) is 20.2 Å². The topological polar surface area (TPSA) is 0 Å². The summed E-state index contributed by atoms with van der Waals surface area (Å²) in [4.78, 5) is 0. The summed E-state index contributed by atoms with van der Waals surface area (Å²) in [6.45, 7) is 0. The predicted molar refractivity (Wildman–Crippen MR) is 214 cm³/mol. The van der Waals surface area contributed by atoms with Crippen LogP contribution < -0.4 is 0 Å². The quantitative estimate of drug-likeness (QED) is 0.168. The Morgan fingerprint density at radius 3 is 1.63 bits per heavy atom. The number of thiophene rings is 1. The Morgan fingerprint density at radius 2 is 0.816 bits per heavy atom. The van der Waals surface area contributed by atoms with Crippen LogP contribution in [0.4, 0.5) is 0 Å². The highest BCUT2D eigenvalue weighted by Gasteiger charge is 2.13. The third-order valence-electron chi connectivity index (χ3n) is 10.1. The first-order valence-corrected chi connectivity index (χ1v) is 17.7. The molecule has 1 heterocycles. The van der Waals surface area contributed by atoms with Gasteiger partial charge in [0.05, 0.1) is 0 Å². The van der Waals surface area contributed by atoms with Gasteiger partial charge < -0.3 is 0 Å². The number of hydrogen-bond donors (Lipinski definition) is 0. The van der Waals surface area contributed by atoms with E-state index in [0.717, 1.165) is 0 Å². The summed E-state index contributed by atoms with van der Waals surface area (Å²) in [7, 11) is 0. The van der Waals surface area contributed by atoms with Crippen molar-refractivity contribution in [2.75, 3.05) is 0 Å². The van der Waals surface area contributed by atoms with Gasteiger partial charge in [0.15, 0.2) is 0 Å². The monoisotopic (exact) mass is 638 g/mol. The zero-order valence-electron chi connectivity index (χ0n) is 26.7. The van der Waals surface area contributed by atoms with E-state index >= 15 is 0 Å². The molecule has 0 bridgehead atoms. The summed E-state index contributed by atoms with van der Waals surface area (Å²) in [5.74, 6) is 0. The van der Waals surface area contributed by atoms with Gasteiger partial charge in [-0.2, -0.15) is 0 Å². The van der Waals surface area contributed by atoms with E-state index in [4.69, 9.17) is 0 Å². The smallest absolute Gasteiger partial charge is 0.0433 e. The normalized spacial score (nSPS) is 11.7. The van der Waals surface area contributed by atoms with Crippen LogP contribution in [0.3, 0.4) is 0 Å². The van der Waals surface area contributed by atoms with Crippen molar-refractivity contribution >= 4 is 63.8 Å². The zero-order valence-corrected chi connectivity index (χ0v) is 27.5. The van der Waals surface area contributed by atoms with Crippen LogP contribution in [0, 0.1) is 0 Å². The molecule has 0 fully saturated rings. The minimum atomic E-state index is 1.23. The molecule has 0 radical (unpaired) electrons. The van der Waals surface area contributed by atoms with Crippen molar-refractivity contribution in [3.05, 3.63) is 182 Å². The van der Waals surface area contributed by atoms with Gasteiger partial charge in [-0.05, 0) is 95.0 Å². The first-order valence-electron chi connectivity index (χ1n) is 16.8. The Hall–Kier alpha value is -6.02. The Labute approximate surface area is 289 Å². The van der Waals surface area contributed by atoms with Gasteiger partial charge in [-0.15, -0.1) is 11.3 Å².